The first-order valence-corrected chi connectivity index (χ1v) is 6.22. The summed E-state index contributed by atoms with van der Waals surface area (Å²) in [6.45, 7) is 8.85. The van der Waals surface area contributed by atoms with Crippen LogP contribution in [0, 0.1) is 0 Å². The average Bonchev–Trinajstić information content (AvgIpc) is 2.39. The van der Waals surface area contributed by atoms with E-state index in [0.29, 0.717) is 0 Å². The maximum absolute atomic E-state index is 10.6. The maximum Gasteiger partial charge on any atom is 0.209 e. The highest BCUT2D eigenvalue weighted by Gasteiger charge is 2.17. The van der Waals surface area contributed by atoms with Gasteiger partial charge in [-0.3, -0.25) is 4.79 Å². The third-order valence-corrected chi connectivity index (χ3v) is 3.24. The van der Waals surface area contributed by atoms with Crippen LogP contribution < -0.4 is 0 Å². The molecule has 17 heavy (non-hydrogen) atoms. The molecule has 1 aliphatic heterocycles. The van der Waals surface area contributed by atoms with Crippen LogP contribution in [0.3, 0.4) is 0 Å². The molecule has 1 saturated heterocycles. The van der Waals surface area contributed by atoms with Crippen LogP contribution in [0.4, 0.5) is 0 Å². The Labute approximate surface area is 108 Å². The molecule has 0 N–H and O–H groups in total. The Morgan fingerprint density at radius 2 is 2.00 bits per heavy atom. The van der Waals surface area contributed by atoms with Crippen LogP contribution in [0.25, 0.3) is 0 Å². The molecule has 0 radical (unpaired) electrons. The Bertz CT molecular complexity index is 328. The number of carbonyl (C=O) groups is 1. The summed E-state index contributed by atoms with van der Waals surface area (Å²) in [6.07, 6.45) is 7.32. The fourth-order valence-corrected chi connectivity index (χ4v) is 1.96. The van der Waals surface area contributed by atoms with Gasteiger partial charge >= 0.3 is 0 Å². The van der Waals surface area contributed by atoms with E-state index in [2.05, 4.69) is 11.5 Å². The van der Waals surface area contributed by atoms with Gasteiger partial charge in [0.1, 0.15) is 0 Å². The van der Waals surface area contributed by atoms with E-state index in [0.717, 1.165) is 49.7 Å². The molecule has 1 aliphatic rings. The van der Waals surface area contributed by atoms with Crippen molar-refractivity contribution < 1.29 is 4.79 Å². The van der Waals surface area contributed by atoms with E-state index in [1.165, 1.54) is 0 Å². The molecular weight excluding hydrogens is 236 g/mol. The first kappa shape index (κ1) is 13.8. The lowest BCUT2D eigenvalue weighted by molar-refractivity contribution is -0.119. The number of amides is 1. The monoisotopic (exact) mass is 254 g/mol. The quantitative estimate of drug-likeness (QED) is 0.556. The van der Waals surface area contributed by atoms with E-state index in [9.17, 15) is 4.79 Å². The molecule has 1 fully saturated rings. The smallest absolute Gasteiger partial charge is 0.209 e. The van der Waals surface area contributed by atoms with Crippen molar-refractivity contribution in [3.63, 3.8) is 0 Å². The molecule has 0 aromatic heterocycles. The molecule has 3 nitrogen and oxygen atoms in total. The van der Waals surface area contributed by atoms with Crippen LogP contribution in [0.5, 0.6) is 0 Å². The third-order valence-electron chi connectivity index (χ3n) is 2.78. The van der Waals surface area contributed by atoms with Gasteiger partial charge in [-0.15, -0.1) is 0 Å². The SMILES string of the molecule is C=C/C=C\C(=C(\Cl)CC)N1CCN(C=O)CC1. The van der Waals surface area contributed by atoms with Gasteiger partial charge in [-0.1, -0.05) is 37.3 Å². The minimum atomic E-state index is 0.753. The zero-order valence-corrected chi connectivity index (χ0v) is 11.0. The molecule has 94 valence electrons. The summed E-state index contributed by atoms with van der Waals surface area (Å²) in [4.78, 5) is 14.6. The molecule has 0 unspecified atom stereocenters. The van der Waals surface area contributed by atoms with E-state index in [-0.39, 0.29) is 0 Å². The lowest BCUT2D eigenvalue weighted by Crippen LogP contribution is -2.45. The number of halogens is 1. The van der Waals surface area contributed by atoms with Crippen LogP contribution in [0.2, 0.25) is 0 Å². The molecule has 1 amide bonds. The highest BCUT2D eigenvalue weighted by Crippen LogP contribution is 2.20. The van der Waals surface area contributed by atoms with Gasteiger partial charge in [0, 0.05) is 31.2 Å². The first-order chi connectivity index (χ1) is 8.22. The lowest BCUT2D eigenvalue weighted by atomic mass is 10.2. The van der Waals surface area contributed by atoms with Crippen molar-refractivity contribution in [2.24, 2.45) is 0 Å². The second-order valence-electron chi connectivity index (χ2n) is 3.87. The van der Waals surface area contributed by atoms with Crippen LogP contribution >= 0.6 is 11.6 Å². The molecule has 1 rings (SSSR count). The summed E-state index contributed by atoms with van der Waals surface area (Å²) in [6, 6.07) is 0. The van der Waals surface area contributed by atoms with E-state index in [1.54, 1.807) is 11.0 Å². The summed E-state index contributed by atoms with van der Waals surface area (Å²) in [5.74, 6) is 0. The topological polar surface area (TPSA) is 23.6 Å². The molecule has 1 heterocycles. The standard InChI is InChI=1S/C13H19ClN2O/c1-3-5-6-13(12(14)4-2)16-9-7-15(11-17)8-10-16/h3,5-6,11H,1,4,7-10H2,2H3/b6-5-,13-12-. The van der Waals surface area contributed by atoms with Gasteiger partial charge in [0.05, 0.1) is 5.70 Å². The van der Waals surface area contributed by atoms with Crippen molar-refractivity contribution in [1.29, 1.82) is 0 Å². The Morgan fingerprint density at radius 1 is 1.35 bits per heavy atom. The Balaban J connectivity index is 2.76. The largest absolute Gasteiger partial charge is 0.367 e. The molecule has 0 aromatic carbocycles. The van der Waals surface area contributed by atoms with E-state index >= 15 is 0 Å². The van der Waals surface area contributed by atoms with Gasteiger partial charge in [0.2, 0.25) is 6.41 Å². The molecule has 0 bridgehead atoms. The fraction of sp³-hybridized carbons (Fsp3) is 0.462. The number of nitrogens with zero attached hydrogens (tertiary/aromatic N) is 2. The fourth-order valence-electron chi connectivity index (χ4n) is 1.78. The predicted octanol–water partition coefficient (Wildman–Crippen LogP) is 2.36. The first-order valence-electron chi connectivity index (χ1n) is 5.85. The molecule has 0 aliphatic carbocycles. The molecule has 0 aromatic rings. The maximum atomic E-state index is 10.6. The van der Waals surface area contributed by atoms with Crippen molar-refractivity contribution in [1.82, 2.24) is 9.80 Å². The molecule has 0 spiro atoms. The third kappa shape index (κ3) is 3.93. The Hall–Kier alpha value is -1.22. The van der Waals surface area contributed by atoms with E-state index in [1.807, 2.05) is 19.1 Å². The normalized spacial score (nSPS) is 18.2. The van der Waals surface area contributed by atoms with Crippen molar-refractivity contribution in [3.8, 4) is 0 Å². The van der Waals surface area contributed by atoms with Gasteiger partial charge in [-0.05, 0) is 12.5 Å². The van der Waals surface area contributed by atoms with Crippen LogP contribution in [0.15, 0.2) is 35.5 Å². The van der Waals surface area contributed by atoms with Crippen molar-refractivity contribution in [3.05, 3.63) is 35.5 Å². The summed E-state index contributed by atoms with van der Waals surface area (Å²) < 4.78 is 0. The summed E-state index contributed by atoms with van der Waals surface area (Å²) in [7, 11) is 0. The van der Waals surface area contributed by atoms with Gasteiger partial charge in [-0.25, -0.2) is 0 Å². The number of hydrogen-bond donors (Lipinski definition) is 0. The molecule has 0 saturated carbocycles. The second-order valence-corrected chi connectivity index (χ2v) is 4.32. The predicted molar refractivity (Wildman–Crippen MR) is 71.7 cm³/mol. The highest BCUT2D eigenvalue weighted by molar-refractivity contribution is 6.30. The minimum absolute atomic E-state index is 0.753. The lowest BCUT2D eigenvalue weighted by Gasteiger charge is -2.35. The summed E-state index contributed by atoms with van der Waals surface area (Å²) in [5, 5.41) is 0.850. The second kappa shape index (κ2) is 7.17. The number of rotatable bonds is 5. The minimum Gasteiger partial charge on any atom is -0.367 e. The van der Waals surface area contributed by atoms with E-state index < -0.39 is 0 Å². The van der Waals surface area contributed by atoms with Crippen molar-refractivity contribution in [2.45, 2.75) is 13.3 Å². The summed E-state index contributed by atoms with van der Waals surface area (Å²) >= 11 is 6.24. The van der Waals surface area contributed by atoms with Crippen LogP contribution in [0.1, 0.15) is 13.3 Å². The molecule has 4 heteroatoms. The zero-order valence-electron chi connectivity index (χ0n) is 10.2. The van der Waals surface area contributed by atoms with Crippen molar-refractivity contribution >= 4 is 18.0 Å². The van der Waals surface area contributed by atoms with Crippen LogP contribution in [-0.4, -0.2) is 42.4 Å². The number of hydrogen-bond acceptors (Lipinski definition) is 2. The average molecular weight is 255 g/mol. The number of allylic oxidation sites excluding steroid dienone is 4. The van der Waals surface area contributed by atoms with Gasteiger partial charge in [0.15, 0.2) is 0 Å². The van der Waals surface area contributed by atoms with Gasteiger partial charge < -0.3 is 9.80 Å². The Morgan fingerprint density at radius 3 is 2.47 bits per heavy atom. The molecule has 0 atom stereocenters. The summed E-state index contributed by atoms with van der Waals surface area (Å²) in [5.41, 5.74) is 1.04. The Kier molecular flexibility index (Phi) is 5.84. The number of piperazine rings is 1. The van der Waals surface area contributed by atoms with Gasteiger partial charge in [0.25, 0.3) is 0 Å². The van der Waals surface area contributed by atoms with E-state index in [4.69, 9.17) is 11.6 Å². The number of carbonyl (C=O) groups excluding carboxylic acids is 1. The zero-order chi connectivity index (χ0) is 12.7. The molecular formula is C13H19ClN2O. The van der Waals surface area contributed by atoms with Crippen LogP contribution in [-0.2, 0) is 4.79 Å². The van der Waals surface area contributed by atoms with Crippen molar-refractivity contribution in [2.75, 3.05) is 26.2 Å². The highest BCUT2D eigenvalue weighted by atomic mass is 35.5. The van der Waals surface area contributed by atoms with Gasteiger partial charge in [-0.2, -0.15) is 0 Å².